The Morgan fingerprint density at radius 2 is 1.82 bits per heavy atom. The molecule has 0 radical (unpaired) electrons. The van der Waals surface area contributed by atoms with E-state index in [0.717, 1.165) is 24.3 Å². The molecule has 168 valence electrons. The molecule has 0 bridgehead atoms. The fourth-order valence-corrected chi connectivity index (χ4v) is 3.30. The van der Waals surface area contributed by atoms with Crippen LogP contribution in [0.25, 0.3) is 34.1 Å². The number of nitro groups is 1. The number of nitrogens with zero attached hydrogens (tertiary/aromatic N) is 2. The molecule has 0 spiro atoms. The molecule has 0 aliphatic carbocycles. The minimum absolute atomic E-state index is 0.0109. The molecule has 2 aromatic heterocycles. The van der Waals surface area contributed by atoms with Gasteiger partial charge in [-0.25, -0.2) is 4.98 Å². The van der Waals surface area contributed by atoms with E-state index in [-0.39, 0.29) is 57.2 Å². The zero-order valence-electron chi connectivity index (χ0n) is 17.3. The molecule has 4 rings (SSSR count). The Kier molecular flexibility index (Phi) is 5.22. The topological polar surface area (TPSA) is 172 Å². The average Bonchev–Trinajstić information content (AvgIpc) is 3.21. The van der Waals surface area contributed by atoms with E-state index in [1.165, 1.54) is 32.2 Å². The van der Waals surface area contributed by atoms with Crippen LogP contribution < -0.4 is 10.2 Å². The molecule has 0 unspecified atom stereocenters. The van der Waals surface area contributed by atoms with Gasteiger partial charge in [0.15, 0.2) is 17.3 Å². The summed E-state index contributed by atoms with van der Waals surface area (Å²) in [5.41, 5.74) is -0.316. The quantitative estimate of drug-likeness (QED) is 0.261. The lowest BCUT2D eigenvalue weighted by molar-refractivity contribution is -0.384. The molecule has 11 heteroatoms. The van der Waals surface area contributed by atoms with Crippen molar-refractivity contribution in [2.45, 2.75) is 6.92 Å². The molecule has 0 aliphatic heterocycles. The Morgan fingerprint density at radius 3 is 2.52 bits per heavy atom. The summed E-state index contributed by atoms with van der Waals surface area (Å²) in [5.74, 6) is -0.938. The lowest BCUT2D eigenvalue weighted by Gasteiger charge is -2.08. The van der Waals surface area contributed by atoms with E-state index in [1.54, 1.807) is 0 Å². The Hall–Kier alpha value is -4.80. The van der Waals surface area contributed by atoms with E-state index in [9.17, 15) is 30.2 Å². The second kappa shape index (κ2) is 8.04. The molecule has 0 amide bonds. The van der Waals surface area contributed by atoms with Crippen LogP contribution in [0.4, 0.5) is 5.69 Å². The number of imidazole rings is 1. The smallest absolute Gasteiger partial charge is 0.270 e. The number of H-pyrrole nitrogens is 1. The van der Waals surface area contributed by atoms with Crippen LogP contribution >= 0.6 is 0 Å². The number of phenols is 2. The van der Waals surface area contributed by atoms with Crippen molar-refractivity contribution >= 4 is 5.69 Å². The maximum atomic E-state index is 12.2. The van der Waals surface area contributed by atoms with E-state index in [0.29, 0.717) is 5.56 Å². The Labute approximate surface area is 185 Å². The van der Waals surface area contributed by atoms with Crippen LogP contribution in [0.15, 0.2) is 51.7 Å². The number of hydrogen-bond donors (Lipinski definition) is 4. The minimum Gasteiger partial charge on any atom is -0.507 e. The first-order chi connectivity index (χ1) is 15.7. The molecule has 2 heterocycles. The molecular formula is C22H17N3O8. The van der Waals surface area contributed by atoms with E-state index >= 15 is 0 Å². The molecule has 0 saturated heterocycles. The van der Waals surface area contributed by atoms with Crippen LogP contribution in [0.1, 0.15) is 5.76 Å². The number of aryl methyl sites for hydroxylation is 1. The predicted octanol–water partition coefficient (Wildman–Crippen LogP) is 3.71. The van der Waals surface area contributed by atoms with Gasteiger partial charge < -0.3 is 29.5 Å². The van der Waals surface area contributed by atoms with Gasteiger partial charge in [-0.3, -0.25) is 14.9 Å². The fraction of sp³-hybridized carbons (Fsp3) is 0.0909. The maximum Gasteiger partial charge on any atom is 0.270 e. The number of methoxy groups -OCH3 is 1. The van der Waals surface area contributed by atoms with Crippen LogP contribution in [0.3, 0.4) is 0 Å². The van der Waals surface area contributed by atoms with Crippen molar-refractivity contribution in [2.75, 3.05) is 7.11 Å². The van der Waals surface area contributed by atoms with Gasteiger partial charge in [0.05, 0.1) is 17.6 Å². The van der Waals surface area contributed by atoms with Gasteiger partial charge in [-0.15, -0.1) is 0 Å². The maximum absolute atomic E-state index is 12.2. The highest BCUT2D eigenvalue weighted by Crippen LogP contribution is 2.40. The monoisotopic (exact) mass is 451 g/mol. The Bertz CT molecular complexity index is 1450. The largest absolute Gasteiger partial charge is 0.507 e. The number of aromatic nitrogens is 2. The zero-order chi connectivity index (χ0) is 23.9. The van der Waals surface area contributed by atoms with Gasteiger partial charge in [0.1, 0.15) is 28.7 Å². The van der Waals surface area contributed by atoms with E-state index in [4.69, 9.17) is 9.15 Å². The van der Waals surface area contributed by atoms with Crippen molar-refractivity contribution < 1.29 is 29.4 Å². The molecule has 4 N–H and O–H groups in total. The third-order valence-electron chi connectivity index (χ3n) is 4.88. The number of aromatic hydroxyl groups is 3. The summed E-state index contributed by atoms with van der Waals surface area (Å²) >= 11 is 0. The number of hydrogen-bond acceptors (Lipinski definition) is 9. The number of rotatable bonds is 5. The molecule has 11 nitrogen and oxygen atoms in total. The first kappa shape index (κ1) is 21.4. The van der Waals surface area contributed by atoms with Gasteiger partial charge in [-0.1, -0.05) is 0 Å². The Balaban J connectivity index is 2.02. The highest BCUT2D eigenvalue weighted by molar-refractivity contribution is 5.83. The molecule has 4 aromatic rings. The number of nitrogens with one attached hydrogen (secondary N) is 1. The van der Waals surface area contributed by atoms with Crippen LogP contribution in [0, 0.1) is 17.0 Å². The van der Waals surface area contributed by atoms with Gasteiger partial charge in [0.2, 0.25) is 11.2 Å². The lowest BCUT2D eigenvalue weighted by atomic mass is 10.1. The predicted molar refractivity (Wildman–Crippen MR) is 116 cm³/mol. The van der Waals surface area contributed by atoms with Gasteiger partial charge in [0.25, 0.3) is 5.69 Å². The third-order valence-corrected chi connectivity index (χ3v) is 4.88. The summed E-state index contributed by atoms with van der Waals surface area (Å²) < 4.78 is 10.7. The van der Waals surface area contributed by atoms with Crippen LogP contribution in [0.5, 0.6) is 23.0 Å². The summed E-state index contributed by atoms with van der Waals surface area (Å²) in [7, 11) is 1.36. The second-order valence-electron chi connectivity index (χ2n) is 7.05. The summed E-state index contributed by atoms with van der Waals surface area (Å²) in [6, 6.07) is 8.89. The first-order valence-corrected chi connectivity index (χ1v) is 9.48. The van der Waals surface area contributed by atoms with Crippen molar-refractivity contribution in [3.8, 4) is 57.1 Å². The Morgan fingerprint density at radius 1 is 1.09 bits per heavy atom. The molecule has 2 aromatic carbocycles. The number of non-ortho nitro benzene ring substituents is 1. The SMILES string of the molecule is COc1cc(-c2nc(-c3cc([N+](=O)[O-])ccc3O)[nH]c2-c2oc(C)cc(=O)c2O)ccc1O. The molecular weight excluding hydrogens is 434 g/mol. The van der Waals surface area contributed by atoms with Gasteiger partial charge >= 0.3 is 0 Å². The normalized spacial score (nSPS) is 10.8. The van der Waals surface area contributed by atoms with E-state index in [1.807, 2.05) is 0 Å². The van der Waals surface area contributed by atoms with Crippen molar-refractivity contribution in [1.82, 2.24) is 9.97 Å². The summed E-state index contributed by atoms with van der Waals surface area (Å²) in [4.78, 5) is 30.1. The number of aromatic amines is 1. The first-order valence-electron chi connectivity index (χ1n) is 9.48. The number of phenolic OH excluding ortho intramolecular Hbond substituents is 2. The molecule has 0 aliphatic rings. The number of nitro benzene ring substituents is 1. The molecule has 0 atom stereocenters. The summed E-state index contributed by atoms with van der Waals surface area (Å²) in [6.45, 7) is 1.53. The van der Waals surface area contributed by atoms with Crippen LogP contribution in [-0.2, 0) is 0 Å². The van der Waals surface area contributed by atoms with Crippen LogP contribution in [0.2, 0.25) is 0 Å². The van der Waals surface area contributed by atoms with E-state index in [2.05, 4.69) is 9.97 Å². The molecule has 0 fully saturated rings. The lowest BCUT2D eigenvalue weighted by Crippen LogP contribution is -2.01. The standard InChI is InChI=1S/C22H17N3O8/c1-10-7-16(28)20(29)21(33-10)19-18(11-3-5-15(27)17(8-11)32-2)23-22(24-19)13-9-12(25(30)31)4-6-14(13)26/h3-9,26-27,29H,1-2H3,(H,23,24). The van der Waals surface area contributed by atoms with Crippen molar-refractivity contribution in [3.05, 3.63) is 68.6 Å². The van der Waals surface area contributed by atoms with E-state index < -0.39 is 16.1 Å². The average molecular weight is 451 g/mol. The summed E-state index contributed by atoms with van der Waals surface area (Å²) in [5, 5.41) is 41.8. The van der Waals surface area contributed by atoms with Gasteiger partial charge in [-0.2, -0.15) is 0 Å². The van der Waals surface area contributed by atoms with Crippen molar-refractivity contribution in [1.29, 1.82) is 0 Å². The number of ether oxygens (including phenoxy) is 1. The van der Waals surface area contributed by atoms with Gasteiger partial charge in [-0.05, 0) is 31.2 Å². The third kappa shape index (κ3) is 3.82. The molecule has 33 heavy (non-hydrogen) atoms. The summed E-state index contributed by atoms with van der Waals surface area (Å²) in [6.07, 6.45) is 0. The highest BCUT2D eigenvalue weighted by Gasteiger charge is 2.24. The molecule has 0 saturated carbocycles. The number of benzene rings is 2. The van der Waals surface area contributed by atoms with Crippen molar-refractivity contribution in [3.63, 3.8) is 0 Å². The fourth-order valence-electron chi connectivity index (χ4n) is 3.30. The zero-order valence-corrected chi connectivity index (χ0v) is 17.3. The van der Waals surface area contributed by atoms with Crippen LogP contribution in [-0.4, -0.2) is 37.3 Å². The van der Waals surface area contributed by atoms with Gasteiger partial charge in [0, 0.05) is 23.8 Å². The second-order valence-corrected chi connectivity index (χ2v) is 7.05. The van der Waals surface area contributed by atoms with Crippen molar-refractivity contribution in [2.24, 2.45) is 0 Å². The minimum atomic E-state index is -0.683. The highest BCUT2D eigenvalue weighted by atomic mass is 16.6.